The lowest BCUT2D eigenvalue weighted by molar-refractivity contribution is -0.119. The van der Waals surface area contributed by atoms with E-state index in [1.165, 1.54) is 0 Å². The predicted molar refractivity (Wildman–Crippen MR) is 74.0 cm³/mol. The van der Waals surface area contributed by atoms with Crippen molar-refractivity contribution >= 4 is 11.8 Å². The van der Waals surface area contributed by atoms with Gasteiger partial charge in [0.15, 0.2) is 0 Å². The summed E-state index contributed by atoms with van der Waals surface area (Å²) in [5, 5.41) is 14.2. The van der Waals surface area contributed by atoms with Crippen LogP contribution in [0, 0.1) is 18.8 Å². The van der Waals surface area contributed by atoms with Crippen molar-refractivity contribution in [3.8, 4) is 11.8 Å². The van der Waals surface area contributed by atoms with E-state index in [2.05, 4.69) is 22.5 Å². The number of rotatable bonds is 2. The number of aliphatic hydroxyl groups excluding tert-OH is 1. The van der Waals surface area contributed by atoms with Crippen molar-refractivity contribution in [1.29, 1.82) is 0 Å². The Bertz CT molecular complexity index is 599. The molecule has 0 saturated carbocycles. The van der Waals surface area contributed by atoms with E-state index in [9.17, 15) is 9.59 Å². The van der Waals surface area contributed by atoms with E-state index in [4.69, 9.17) is 5.11 Å². The summed E-state index contributed by atoms with van der Waals surface area (Å²) < 4.78 is 0. The fraction of sp³-hybridized carbons (Fsp3) is 0.333. The van der Waals surface area contributed by atoms with Crippen LogP contribution in [0.3, 0.4) is 0 Å². The molecule has 0 spiro atoms. The van der Waals surface area contributed by atoms with Crippen LogP contribution < -0.4 is 10.6 Å². The number of carbonyl (C=O) groups excluding carboxylic acids is 2. The second-order valence-corrected chi connectivity index (χ2v) is 4.69. The Hall–Kier alpha value is -2.32. The molecular formula is C15H16N2O3. The fourth-order valence-electron chi connectivity index (χ4n) is 2.06. The Balaban J connectivity index is 2.19. The second-order valence-electron chi connectivity index (χ2n) is 4.69. The Labute approximate surface area is 117 Å². The summed E-state index contributed by atoms with van der Waals surface area (Å²) in [4.78, 5) is 23.4. The summed E-state index contributed by atoms with van der Waals surface area (Å²) in [6.45, 7) is 2.09. The van der Waals surface area contributed by atoms with Gasteiger partial charge in [0.1, 0.15) is 6.61 Å². The van der Waals surface area contributed by atoms with Crippen molar-refractivity contribution in [2.24, 2.45) is 0 Å². The van der Waals surface area contributed by atoms with Crippen molar-refractivity contribution in [1.82, 2.24) is 10.6 Å². The Kier molecular flexibility index (Phi) is 4.38. The molecule has 1 aromatic carbocycles. The van der Waals surface area contributed by atoms with Gasteiger partial charge in [0.05, 0.1) is 11.6 Å². The molecule has 1 unspecified atom stereocenters. The van der Waals surface area contributed by atoms with Gasteiger partial charge in [-0.1, -0.05) is 23.5 Å². The topological polar surface area (TPSA) is 78.4 Å². The third-order valence-corrected chi connectivity index (χ3v) is 3.03. The van der Waals surface area contributed by atoms with Crippen LogP contribution in [0.5, 0.6) is 0 Å². The van der Waals surface area contributed by atoms with E-state index in [1.807, 2.05) is 13.0 Å². The standard InChI is InChI=1S/C15H16N2O3/c1-10-4-5-11(3-2-6-18)13(7-10)15(20)17-12-8-14(19)16-9-12/h4-5,7,12,18H,6,8-9H2,1H3,(H,16,19)(H,17,20). The molecule has 3 N–H and O–H groups in total. The lowest BCUT2D eigenvalue weighted by atomic mass is 10.0. The molecule has 1 aliphatic heterocycles. The quantitative estimate of drug-likeness (QED) is 0.661. The van der Waals surface area contributed by atoms with Gasteiger partial charge in [-0.2, -0.15) is 0 Å². The van der Waals surface area contributed by atoms with E-state index < -0.39 is 0 Å². The summed E-state index contributed by atoms with van der Waals surface area (Å²) >= 11 is 0. The maximum atomic E-state index is 12.3. The summed E-state index contributed by atoms with van der Waals surface area (Å²) in [6.07, 6.45) is 0.301. The molecule has 2 rings (SSSR count). The van der Waals surface area contributed by atoms with Crippen LogP contribution in [0.4, 0.5) is 0 Å². The Morgan fingerprint density at radius 3 is 3.00 bits per heavy atom. The molecular weight excluding hydrogens is 256 g/mol. The monoisotopic (exact) mass is 272 g/mol. The highest BCUT2D eigenvalue weighted by Crippen LogP contribution is 2.12. The Morgan fingerprint density at radius 1 is 1.55 bits per heavy atom. The molecule has 0 aromatic heterocycles. The first-order chi connectivity index (χ1) is 9.60. The summed E-state index contributed by atoms with van der Waals surface area (Å²) in [7, 11) is 0. The molecule has 0 radical (unpaired) electrons. The van der Waals surface area contributed by atoms with Gasteiger partial charge in [0, 0.05) is 18.5 Å². The number of nitrogens with one attached hydrogen (secondary N) is 2. The fourth-order valence-corrected chi connectivity index (χ4v) is 2.06. The number of amides is 2. The van der Waals surface area contributed by atoms with Crippen molar-refractivity contribution in [3.63, 3.8) is 0 Å². The number of hydrogen-bond donors (Lipinski definition) is 3. The average Bonchev–Trinajstić information content (AvgIpc) is 2.82. The van der Waals surface area contributed by atoms with Gasteiger partial charge in [0.2, 0.25) is 5.91 Å². The van der Waals surface area contributed by atoms with Gasteiger partial charge >= 0.3 is 0 Å². The number of benzene rings is 1. The van der Waals surface area contributed by atoms with E-state index >= 15 is 0 Å². The minimum absolute atomic E-state index is 0.0557. The predicted octanol–water partition coefficient (Wildman–Crippen LogP) is -0.0429. The van der Waals surface area contributed by atoms with Crippen LogP contribution >= 0.6 is 0 Å². The maximum absolute atomic E-state index is 12.3. The maximum Gasteiger partial charge on any atom is 0.252 e. The molecule has 104 valence electrons. The molecule has 1 heterocycles. The molecule has 5 heteroatoms. The second kappa shape index (κ2) is 6.22. The summed E-state index contributed by atoms with van der Waals surface area (Å²) in [5.74, 6) is 4.99. The summed E-state index contributed by atoms with van der Waals surface area (Å²) in [6, 6.07) is 5.18. The number of aryl methyl sites for hydroxylation is 1. The van der Waals surface area contributed by atoms with Crippen molar-refractivity contribution in [3.05, 3.63) is 34.9 Å². The highest BCUT2D eigenvalue weighted by Gasteiger charge is 2.24. The van der Waals surface area contributed by atoms with E-state index in [0.29, 0.717) is 24.1 Å². The highest BCUT2D eigenvalue weighted by molar-refractivity contribution is 5.97. The first-order valence-electron chi connectivity index (χ1n) is 6.38. The van der Waals surface area contributed by atoms with E-state index in [1.54, 1.807) is 12.1 Å². The molecule has 2 amide bonds. The van der Waals surface area contributed by atoms with Gasteiger partial charge in [-0.3, -0.25) is 9.59 Å². The molecule has 0 aliphatic carbocycles. The van der Waals surface area contributed by atoms with Gasteiger partial charge in [-0.25, -0.2) is 0 Å². The largest absolute Gasteiger partial charge is 0.384 e. The number of hydrogen-bond acceptors (Lipinski definition) is 3. The lowest BCUT2D eigenvalue weighted by Gasteiger charge is -2.12. The zero-order valence-electron chi connectivity index (χ0n) is 11.2. The average molecular weight is 272 g/mol. The van der Waals surface area contributed by atoms with Gasteiger partial charge in [-0.05, 0) is 19.1 Å². The molecule has 20 heavy (non-hydrogen) atoms. The SMILES string of the molecule is Cc1ccc(C#CCO)c(C(=O)NC2CNC(=O)C2)c1. The van der Waals surface area contributed by atoms with Crippen molar-refractivity contribution in [2.75, 3.05) is 13.2 Å². The first-order valence-corrected chi connectivity index (χ1v) is 6.38. The van der Waals surface area contributed by atoms with Crippen LogP contribution in [0.15, 0.2) is 18.2 Å². The number of aliphatic hydroxyl groups is 1. The first kappa shape index (κ1) is 14.1. The zero-order valence-corrected chi connectivity index (χ0v) is 11.2. The van der Waals surface area contributed by atoms with E-state index in [-0.39, 0.29) is 24.5 Å². The minimum atomic E-state index is -0.254. The van der Waals surface area contributed by atoms with Gasteiger partial charge in [0.25, 0.3) is 5.91 Å². The third kappa shape index (κ3) is 3.37. The van der Waals surface area contributed by atoms with Crippen LogP contribution in [0.2, 0.25) is 0 Å². The molecule has 1 fully saturated rings. The van der Waals surface area contributed by atoms with Gasteiger partial charge < -0.3 is 15.7 Å². The van der Waals surface area contributed by atoms with Crippen molar-refractivity contribution in [2.45, 2.75) is 19.4 Å². The van der Waals surface area contributed by atoms with Crippen LogP contribution in [0.25, 0.3) is 0 Å². The molecule has 1 atom stereocenters. The third-order valence-electron chi connectivity index (χ3n) is 3.03. The molecule has 0 bridgehead atoms. The number of carbonyl (C=O) groups is 2. The zero-order chi connectivity index (χ0) is 14.5. The van der Waals surface area contributed by atoms with Crippen LogP contribution in [-0.2, 0) is 4.79 Å². The molecule has 1 aliphatic rings. The van der Waals surface area contributed by atoms with Gasteiger partial charge in [-0.15, -0.1) is 0 Å². The molecule has 5 nitrogen and oxygen atoms in total. The van der Waals surface area contributed by atoms with Crippen molar-refractivity contribution < 1.29 is 14.7 Å². The van der Waals surface area contributed by atoms with Crippen LogP contribution in [-0.4, -0.2) is 36.1 Å². The minimum Gasteiger partial charge on any atom is -0.384 e. The molecule has 1 saturated heterocycles. The van der Waals surface area contributed by atoms with Crippen LogP contribution in [0.1, 0.15) is 27.9 Å². The smallest absolute Gasteiger partial charge is 0.252 e. The Morgan fingerprint density at radius 2 is 2.35 bits per heavy atom. The highest BCUT2D eigenvalue weighted by atomic mass is 16.2. The summed E-state index contributed by atoms with van der Waals surface area (Å²) in [5.41, 5.74) is 1.98. The normalized spacial score (nSPS) is 17.1. The molecule has 1 aromatic rings. The van der Waals surface area contributed by atoms with E-state index in [0.717, 1.165) is 5.56 Å². The lowest BCUT2D eigenvalue weighted by Crippen LogP contribution is -2.36.